The van der Waals surface area contributed by atoms with Crippen molar-refractivity contribution in [1.82, 2.24) is 0 Å². The second-order valence-corrected chi connectivity index (χ2v) is 4.84. The van der Waals surface area contributed by atoms with Gasteiger partial charge in [0.2, 0.25) is 0 Å². The molecule has 0 aromatic heterocycles. The molecule has 4 rings (SSSR count). The van der Waals surface area contributed by atoms with Gasteiger partial charge in [0, 0.05) is 12.3 Å². The van der Waals surface area contributed by atoms with E-state index in [-0.39, 0.29) is 0 Å². The molecule has 2 saturated carbocycles. The Labute approximate surface area is 79.2 Å². The van der Waals surface area contributed by atoms with Crippen LogP contribution in [0.3, 0.4) is 0 Å². The maximum atomic E-state index is 11.8. The number of allylic oxidation sites excluding steroid dienone is 2. The van der Waals surface area contributed by atoms with E-state index in [0.717, 1.165) is 24.7 Å². The molecule has 4 aliphatic carbocycles. The molecule has 4 atom stereocenters. The van der Waals surface area contributed by atoms with Gasteiger partial charge in [0.1, 0.15) is 5.78 Å². The van der Waals surface area contributed by atoms with Crippen LogP contribution in [0.1, 0.15) is 32.1 Å². The van der Waals surface area contributed by atoms with E-state index < -0.39 is 0 Å². The molecule has 0 aromatic rings. The molecule has 70 valence electrons. The molecule has 13 heavy (non-hydrogen) atoms. The zero-order chi connectivity index (χ0) is 8.84. The Kier molecular flexibility index (Phi) is 1.61. The highest BCUT2D eigenvalue weighted by molar-refractivity contribution is 5.83. The van der Waals surface area contributed by atoms with Crippen molar-refractivity contribution in [2.75, 3.05) is 0 Å². The van der Waals surface area contributed by atoms with Gasteiger partial charge in [-0.25, -0.2) is 0 Å². The zero-order valence-electron chi connectivity index (χ0n) is 7.91. The summed E-state index contributed by atoms with van der Waals surface area (Å²) in [5.41, 5.74) is 0. The zero-order valence-corrected chi connectivity index (χ0v) is 7.91. The first kappa shape index (κ1) is 7.78. The first-order chi connectivity index (χ1) is 6.36. The lowest BCUT2D eigenvalue weighted by molar-refractivity contribution is -0.131. The number of ketones is 1. The van der Waals surface area contributed by atoms with E-state index >= 15 is 0 Å². The highest BCUT2D eigenvalue weighted by Gasteiger charge is 2.45. The molecule has 0 aliphatic heterocycles. The molecule has 1 nitrogen and oxygen atoms in total. The third-order valence-corrected chi connectivity index (χ3v) is 4.24. The van der Waals surface area contributed by atoms with Crippen LogP contribution < -0.4 is 0 Å². The van der Waals surface area contributed by atoms with Gasteiger partial charge >= 0.3 is 0 Å². The van der Waals surface area contributed by atoms with E-state index in [1.807, 2.05) is 0 Å². The number of hydrogen-bond donors (Lipinski definition) is 0. The lowest BCUT2D eigenvalue weighted by Crippen LogP contribution is -2.43. The Morgan fingerprint density at radius 1 is 1.08 bits per heavy atom. The topological polar surface area (TPSA) is 17.1 Å². The number of fused-ring (bicyclic) bond motifs is 1. The minimum Gasteiger partial charge on any atom is -0.299 e. The number of Topliss-reactive ketones (excluding diaryl/α,β-unsaturated/α-hetero) is 1. The smallest absolute Gasteiger partial charge is 0.136 e. The Morgan fingerprint density at radius 3 is 2.54 bits per heavy atom. The van der Waals surface area contributed by atoms with E-state index in [9.17, 15) is 4.79 Å². The quantitative estimate of drug-likeness (QED) is 0.518. The van der Waals surface area contributed by atoms with E-state index in [0.29, 0.717) is 17.6 Å². The van der Waals surface area contributed by atoms with Crippen molar-refractivity contribution in [2.45, 2.75) is 32.1 Å². The summed E-state index contributed by atoms with van der Waals surface area (Å²) in [6.07, 6.45) is 10.6. The molecule has 2 bridgehead atoms. The Morgan fingerprint density at radius 2 is 1.85 bits per heavy atom. The van der Waals surface area contributed by atoms with Crippen molar-refractivity contribution in [3.05, 3.63) is 12.2 Å². The molecule has 0 radical (unpaired) electrons. The number of hydrogen-bond acceptors (Lipinski definition) is 1. The number of rotatable bonds is 0. The van der Waals surface area contributed by atoms with Crippen LogP contribution in [0.25, 0.3) is 0 Å². The molecule has 0 heterocycles. The summed E-state index contributed by atoms with van der Waals surface area (Å²) in [7, 11) is 0. The molecular weight excluding hydrogens is 160 g/mol. The second kappa shape index (κ2) is 2.70. The van der Waals surface area contributed by atoms with Gasteiger partial charge in [-0.05, 0) is 43.4 Å². The summed E-state index contributed by atoms with van der Waals surface area (Å²) in [5, 5.41) is 0. The van der Waals surface area contributed by atoms with Gasteiger partial charge < -0.3 is 0 Å². The van der Waals surface area contributed by atoms with Gasteiger partial charge in [-0.15, -0.1) is 0 Å². The second-order valence-electron chi connectivity index (χ2n) is 4.84. The van der Waals surface area contributed by atoms with Crippen LogP contribution in [0.2, 0.25) is 0 Å². The summed E-state index contributed by atoms with van der Waals surface area (Å²) in [6, 6.07) is 0. The van der Waals surface area contributed by atoms with Gasteiger partial charge in [0.15, 0.2) is 0 Å². The van der Waals surface area contributed by atoms with Crippen molar-refractivity contribution >= 4 is 5.78 Å². The average molecular weight is 176 g/mol. The molecular formula is C12H16O. The van der Waals surface area contributed by atoms with Gasteiger partial charge in [0.05, 0.1) is 0 Å². The Bertz CT molecular complexity index is 266. The largest absolute Gasteiger partial charge is 0.299 e. The molecule has 0 aromatic carbocycles. The summed E-state index contributed by atoms with van der Waals surface area (Å²) in [4.78, 5) is 11.8. The molecule has 0 N–H and O–H groups in total. The van der Waals surface area contributed by atoms with Crippen molar-refractivity contribution in [3.63, 3.8) is 0 Å². The van der Waals surface area contributed by atoms with Gasteiger partial charge in [-0.2, -0.15) is 0 Å². The third kappa shape index (κ3) is 1.02. The number of carbonyl (C=O) groups excluding carboxylic acids is 1. The SMILES string of the molecule is O=C1CCC[C@@H]2[C@H]1[C@H]1C=C[C@@H]2CC1. The Hall–Kier alpha value is -0.590. The van der Waals surface area contributed by atoms with E-state index in [1.54, 1.807) is 0 Å². The maximum absolute atomic E-state index is 11.8. The maximum Gasteiger partial charge on any atom is 0.136 e. The van der Waals surface area contributed by atoms with Crippen LogP contribution in [-0.2, 0) is 4.79 Å². The van der Waals surface area contributed by atoms with Crippen LogP contribution >= 0.6 is 0 Å². The fourth-order valence-corrected chi connectivity index (χ4v) is 3.65. The van der Waals surface area contributed by atoms with Crippen molar-refractivity contribution in [3.8, 4) is 0 Å². The minimum absolute atomic E-state index is 0.428. The van der Waals surface area contributed by atoms with Crippen LogP contribution in [-0.4, -0.2) is 5.78 Å². The standard InChI is InChI=1S/C12H16O/c13-11-3-1-2-10-8-4-6-9(7-5-8)12(10)11/h4,6,8-10,12H,1-3,5,7H2/t8-,9+,10+,12-/m1/s1. The van der Waals surface area contributed by atoms with Gasteiger partial charge in [-0.1, -0.05) is 12.2 Å². The van der Waals surface area contributed by atoms with Crippen molar-refractivity contribution < 1.29 is 4.79 Å². The fraction of sp³-hybridized carbons (Fsp3) is 0.750. The van der Waals surface area contributed by atoms with Crippen LogP contribution in [0.5, 0.6) is 0 Å². The first-order valence-corrected chi connectivity index (χ1v) is 5.57. The molecule has 1 heteroatoms. The molecule has 0 saturated heterocycles. The fourth-order valence-electron chi connectivity index (χ4n) is 3.65. The molecule has 0 spiro atoms. The molecule has 0 unspecified atom stereocenters. The van der Waals surface area contributed by atoms with Gasteiger partial charge in [-0.3, -0.25) is 4.79 Å². The highest BCUT2D eigenvalue weighted by atomic mass is 16.1. The van der Waals surface area contributed by atoms with Crippen LogP contribution in [0.4, 0.5) is 0 Å². The Balaban J connectivity index is 1.96. The highest BCUT2D eigenvalue weighted by Crippen LogP contribution is 2.49. The van der Waals surface area contributed by atoms with E-state index in [4.69, 9.17) is 0 Å². The summed E-state index contributed by atoms with van der Waals surface area (Å²) >= 11 is 0. The van der Waals surface area contributed by atoms with E-state index in [1.165, 1.54) is 19.3 Å². The molecule has 0 amide bonds. The normalized spacial score (nSPS) is 47.8. The molecule has 4 aliphatic rings. The number of carbonyl (C=O) groups is 1. The average Bonchev–Trinajstić information content (AvgIpc) is 2.20. The van der Waals surface area contributed by atoms with Crippen LogP contribution in [0, 0.1) is 23.7 Å². The predicted molar refractivity (Wildman–Crippen MR) is 51.2 cm³/mol. The first-order valence-electron chi connectivity index (χ1n) is 5.57. The third-order valence-electron chi connectivity index (χ3n) is 4.24. The summed E-state index contributed by atoms with van der Waals surface area (Å²) < 4.78 is 0. The molecule has 2 fully saturated rings. The summed E-state index contributed by atoms with van der Waals surface area (Å²) in [5.74, 6) is 3.08. The van der Waals surface area contributed by atoms with Crippen molar-refractivity contribution in [2.24, 2.45) is 23.7 Å². The van der Waals surface area contributed by atoms with E-state index in [2.05, 4.69) is 12.2 Å². The summed E-state index contributed by atoms with van der Waals surface area (Å²) in [6.45, 7) is 0. The monoisotopic (exact) mass is 176 g/mol. The van der Waals surface area contributed by atoms with Gasteiger partial charge in [0.25, 0.3) is 0 Å². The van der Waals surface area contributed by atoms with Crippen LogP contribution in [0.15, 0.2) is 12.2 Å². The lowest BCUT2D eigenvalue weighted by Gasteiger charge is -2.46. The predicted octanol–water partition coefficient (Wildman–Crippen LogP) is 2.57. The minimum atomic E-state index is 0.428. The van der Waals surface area contributed by atoms with Crippen molar-refractivity contribution in [1.29, 1.82) is 0 Å². The lowest BCUT2D eigenvalue weighted by atomic mass is 9.57.